The van der Waals surface area contributed by atoms with Crippen LogP contribution in [0.1, 0.15) is 10.4 Å². The molecule has 1 unspecified atom stereocenters. The quantitative estimate of drug-likeness (QED) is 0.300. The zero-order valence-corrected chi connectivity index (χ0v) is 17.2. The highest BCUT2D eigenvalue weighted by molar-refractivity contribution is 5.97. The predicted octanol–water partition coefficient (Wildman–Crippen LogP) is 2.09. The maximum atomic E-state index is 12.3. The van der Waals surface area contributed by atoms with Crippen molar-refractivity contribution in [1.29, 1.82) is 0 Å². The number of aliphatic hydroxyl groups excluding tert-OH is 2. The van der Waals surface area contributed by atoms with Crippen molar-refractivity contribution < 1.29 is 24.9 Å². The van der Waals surface area contributed by atoms with Gasteiger partial charge in [0.2, 0.25) is 5.88 Å². The summed E-state index contributed by atoms with van der Waals surface area (Å²) in [7, 11) is 1.55. The fraction of sp³-hybridized carbons (Fsp3) is 0.174. The van der Waals surface area contributed by atoms with Crippen LogP contribution >= 0.6 is 0 Å². The molecule has 4 aromatic rings. The monoisotopic (exact) mass is 434 g/mol. The first-order valence-electron chi connectivity index (χ1n) is 9.90. The highest BCUT2D eigenvalue weighted by atomic mass is 16.5. The van der Waals surface area contributed by atoms with E-state index >= 15 is 0 Å². The molecule has 2 aromatic heterocycles. The molecule has 0 saturated carbocycles. The predicted molar refractivity (Wildman–Crippen MR) is 118 cm³/mol. The number of carbonyl (C=O) groups is 1. The number of ether oxygens (including phenoxy) is 1. The highest BCUT2D eigenvalue weighted by Crippen LogP contribution is 2.35. The summed E-state index contributed by atoms with van der Waals surface area (Å²) in [4.78, 5) is 24.2. The molecule has 0 spiro atoms. The third-order valence-corrected chi connectivity index (χ3v) is 4.98. The van der Waals surface area contributed by atoms with E-state index in [0.29, 0.717) is 33.9 Å². The van der Waals surface area contributed by atoms with E-state index in [0.717, 1.165) is 11.1 Å². The zero-order valence-electron chi connectivity index (χ0n) is 17.2. The molecule has 1 amide bonds. The number of fused-ring (bicyclic) bond motifs is 1. The van der Waals surface area contributed by atoms with E-state index < -0.39 is 12.7 Å². The van der Waals surface area contributed by atoms with E-state index in [9.17, 15) is 15.0 Å². The molecule has 0 aliphatic rings. The number of rotatable bonds is 7. The number of imidazole rings is 1. The van der Waals surface area contributed by atoms with Gasteiger partial charge in [0.25, 0.3) is 5.91 Å². The summed E-state index contributed by atoms with van der Waals surface area (Å²) in [5.74, 6) is 0.571. The van der Waals surface area contributed by atoms with Gasteiger partial charge in [0.1, 0.15) is 11.6 Å². The molecule has 0 saturated heterocycles. The lowest BCUT2D eigenvalue weighted by molar-refractivity contribution is 0.0802. The van der Waals surface area contributed by atoms with Gasteiger partial charge < -0.3 is 30.4 Å². The number of aromatic amines is 1. The number of aromatic nitrogens is 3. The second-order valence-electron chi connectivity index (χ2n) is 7.16. The first kappa shape index (κ1) is 21.3. The van der Waals surface area contributed by atoms with Gasteiger partial charge >= 0.3 is 0 Å². The van der Waals surface area contributed by atoms with Gasteiger partial charge in [0.15, 0.2) is 0 Å². The molecule has 2 aromatic carbocycles. The van der Waals surface area contributed by atoms with Crippen LogP contribution in [0.25, 0.3) is 33.5 Å². The Balaban J connectivity index is 1.67. The number of H-pyrrole nitrogens is 1. The molecule has 5 N–H and O–H groups in total. The van der Waals surface area contributed by atoms with Crippen LogP contribution in [0.15, 0.2) is 54.7 Å². The number of hydrogen-bond donors (Lipinski definition) is 5. The number of benzene rings is 2. The summed E-state index contributed by atoms with van der Waals surface area (Å²) in [6, 6.07) is 13.8. The summed E-state index contributed by atoms with van der Waals surface area (Å²) in [6.45, 7) is -0.489. The van der Waals surface area contributed by atoms with Crippen molar-refractivity contribution in [3.63, 3.8) is 0 Å². The van der Waals surface area contributed by atoms with E-state index in [1.807, 2.05) is 6.07 Å². The SMILES string of the molecule is COc1ncccc1-c1ccc(O)c(-c2nc3ccc(C(=O)NCC(O)CO)cc3[nH]2)c1. The van der Waals surface area contributed by atoms with Crippen LogP contribution in [-0.2, 0) is 0 Å². The molecule has 9 heteroatoms. The molecule has 0 radical (unpaired) electrons. The van der Waals surface area contributed by atoms with Crippen molar-refractivity contribution in [2.75, 3.05) is 20.3 Å². The number of nitrogens with zero attached hydrogens (tertiary/aromatic N) is 2. The molecule has 2 heterocycles. The van der Waals surface area contributed by atoms with Crippen LogP contribution in [0, 0.1) is 0 Å². The zero-order chi connectivity index (χ0) is 22.7. The van der Waals surface area contributed by atoms with Crippen LogP contribution in [0.5, 0.6) is 11.6 Å². The summed E-state index contributed by atoms with van der Waals surface area (Å²) in [5.41, 5.74) is 3.66. The van der Waals surface area contributed by atoms with Crippen LogP contribution in [-0.4, -0.2) is 62.5 Å². The van der Waals surface area contributed by atoms with E-state index in [2.05, 4.69) is 20.3 Å². The molecule has 1 atom stereocenters. The van der Waals surface area contributed by atoms with E-state index in [1.165, 1.54) is 0 Å². The average molecular weight is 434 g/mol. The van der Waals surface area contributed by atoms with Gasteiger partial charge in [0, 0.05) is 23.9 Å². The Kier molecular flexibility index (Phi) is 6.02. The second kappa shape index (κ2) is 9.04. The average Bonchev–Trinajstić information content (AvgIpc) is 3.25. The smallest absolute Gasteiger partial charge is 0.251 e. The van der Waals surface area contributed by atoms with E-state index in [4.69, 9.17) is 9.84 Å². The van der Waals surface area contributed by atoms with Gasteiger partial charge in [0.05, 0.1) is 36.4 Å². The van der Waals surface area contributed by atoms with Crippen molar-refractivity contribution >= 4 is 16.9 Å². The van der Waals surface area contributed by atoms with Gasteiger partial charge in [-0.2, -0.15) is 0 Å². The number of methoxy groups -OCH3 is 1. The number of phenolic OH excluding ortho intramolecular Hbond substituents is 1. The van der Waals surface area contributed by atoms with Crippen molar-refractivity contribution in [2.24, 2.45) is 0 Å². The normalized spacial score (nSPS) is 12.0. The summed E-state index contributed by atoms with van der Waals surface area (Å²) >= 11 is 0. The Morgan fingerprint density at radius 2 is 2.03 bits per heavy atom. The Morgan fingerprint density at radius 1 is 1.19 bits per heavy atom. The number of aliphatic hydroxyl groups is 2. The Hall–Kier alpha value is -3.95. The summed E-state index contributed by atoms with van der Waals surface area (Å²) in [6.07, 6.45) is 0.622. The lowest BCUT2D eigenvalue weighted by Crippen LogP contribution is -2.33. The molecule has 0 aliphatic carbocycles. The minimum absolute atomic E-state index is 0.0478. The largest absolute Gasteiger partial charge is 0.507 e. The summed E-state index contributed by atoms with van der Waals surface area (Å²) < 4.78 is 5.34. The molecule has 0 bridgehead atoms. The second-order valence-corrected chi connectivity index (χ2v) is 7.16. The molecule has 32 heavy (non-hydrogen) atoms. The number of hydrogen-bond acceptors (Lipinski definition) is 7. The Bertz CT molecular complexity index is 1270. The number of carbonyl (C=O) groups excluding carboxylic acids is 1. The van der Waals surface area contributed by atoms with Crippen LogP contribution in [0.3, 0.4) is 0 Å². The highest BCUT2D eigenvalue weighted by Gasteiger charge is 2.15. The maximum absolute atomic E-state index is 12.3. The first-order chi connectivity index (χ1) is 15.5. The fourth-order valence-electron chi connectivity index (χ4n) is 3.32. The fourth-order valence-corrected chi connectivity index (χ4v) is 3.32. The van der Waals surface area contributed by atoms with Crippen molar-refractivity contribution in [2.45, 2.75) is 6.10 Å². The number of aromatic hydroxyl groups is 1. The van der Waals surface area contributed by atoms with Crippen molar-refractivity contribution in [3.8, 4) is 34.1 Å². The number of pyridine rings is 1. The Morgan fingerprint density at radius 3 is 2.81 bits per heavy atom. The standard InChI is InChI=1S/C23H22N4O5/c1-32-23-16(3-2-8-24-23)13-5-7-20(30)17(9-13)21-26-18-6-4-14(10-19(18)27-21)22(31)25-11-15(29)12-28/h2-10,15,28-30H,11-12H2,1H3,(H,25,31)(H,26,27). The van der Waals surface area contributed by atoms with Crippen LogP contribution < -0.4 is 10.1 Å². The van der Waals surface area contributed by atoms with Crippen molar-refractivity contribution in [3.05, 3.63) is 60.3 Å². The Labute approximate surface area is 183 Å². The molecule has 4 rings (SSSR count). The molecule has 9 nitrogen and oxygen atoms in total. The van der Waals surface area contributed by atoms with E-state index in [1.54, 1.807) is 55.8 Å². The molecule has 164 valence electrons. The maximum Gasteiger partial charge on any atom is 0.251 e. The number of nitrogens with one attached hydrogen (secondary N) is 2. The molecule has 0 aliphatic heterocycles. The van der Waals surface area contributed by atoms with Crippen LogP contribution in [0.2, 0.25) is 0 Å². The van der Waals surface area contributed by atoms with Crippen molar-refractivity contribution in [1.82, 2.24) is 20.3 Å². The number of phenols is 1. The minimum atomic E-state index is -1.02. The molecule has 0 fully saturated rings. The summed E-state index contributed by atoms with van der Waals surface area (Å²) in [5, 5.41) is 31.3. The third kappa shape index (κ3) is 4.25. The lowest BCUT2D eigenvalue weighted by Gasteiger charge is -2.09. The minimum Gasteiger partial charge on any atom is -0.507 e. The molecular weight excluding hydrogens is 412 g/mol. The van der Waals surface area contributed by atoms with Gasteiger partial charge in [-0.3, -0.25) is 4.79 Å². The third-order valence-electron chi connectivity index (χ3n) is 4.98. The number of amides is 1. The lowest BCUT2D eigenvalue weighted by atomic mass is 10.0. The van der Waals surface area contributed by atoms with Gasteiger partial charge in [-0.25, -0.2) is 9.97 Å². The van der Waals surface area contributed by atoms with Gasteiger partial charge in [-0.05, 0) is 48.0 Å². The first-order valence-corrected chi connectivity index (χ1v) is 9.90. The molecular formula is C23H22N4O5. The van der Waals surface area contributed by atoms with Gasteiger partial charge in [-0.1, -0.05) is 6.07 Å². The van der Waals surface area contributed by atoms with E-state index in [-0.39, 0.29) is 18.2 Å². The topological polar surface area (TPSA) is 141 Å². The van der Waals surface area contributed by atoms with Gasteiger partial charge in [-0.15, -0.1) is 0 Å². The van der Waals surface area contributed by atoms with Crippen LogP contribution in [0.4, 0.5) is 0 Å².